The molecule has 0 spiro atoms. The lowest BCUT2D eigenvalue weighted by molar-refractivity contribution is -0.141. The molecule has 0 unspecified atom stereocenters. The number of halogens is 2. The Morgan fingerprint density at radius 3 is 2.49 bits per heavy atom. The van der Waals surface area contributed by atoms with Crippen molar-refractivity contribution in [2.45, 2.75) is 51.2 Å². The van der Waals surface area contributed by atoms with Gasteiger partial charge in [-0.3, -0.25) is 9.59 Å². The second-order valence-corrected chi connectivity index (χ2v) is 10.7. The second kappa shape index (κ2) is 12.1. The van der Waals surface area contributed by atoms with Gasteiger partial charge in [0.05, 0.1) is 42.3 Å². The van der Waals surface area contributed by atoms with Gasteiger partial charge in [-0.05, 0) is 41.5 Å². The zero-order chi connectivity index (χ0) is 28.4. The van der Waals surface area contributed by atoms with Gasteiger partial charge in [-0.1, -0.05) is 43.1 Å². The molecule has 1 aliphatic carbocycles. The number of nitrogens with zero attached hydrogens (tertiary/aromatic N) is 1. The lowest BCUT2D eigenvalue weighted by Crippen LogP contribution is -2.56. The number of aliphatic hydroxyl groups excluding tert-OH is 3. The van der Waals surface area contributed by atoms with Gasteiger partial charge in [0.1, 0.15) is 12.2 Å². The Kier molecular flexibility index (Phi) is 9.08. The first-order valence-electron chi connectivity index (χ1n) is 12.6. The van der Waals surface area contributed by atoms with Crippen molar-refractivity contribution in [3.05, 3.63) is 68.7 Å². The third kappa shape index (κ3) is 5.73. The van der Waals surface area contributed by atoms with Crippen LogP contribution >= 0.6 is 23.2 Å². The van der Waals surface area contributed by atoms with Gasteiger partial charge in [0.15, 0.2) is 11.5 Å². The molecule has 9 nitrogen and oxygen atoms in total. The summed E-state index contributed by atoms with van der Waals surface area (Å²) in [5.74, 6) is -1.11. The molecule has 210 valence electrons. The minimum absolute atomic E-state index is 0.0202. The fraction of sp³-hybridized carbons (Fsp3) is 0.429. The molecule has 2 aromatic rings. The SMILES string of the molecule is COc1cc(CO)cc2c1O[C@@H]1[C@@H](O)[C@H](N(Cc3ccc(Cl)c(Cl)c3)C(=O)C(C)C)C=C(C(=O)NCCO)[C@H]21. The third-order valence-electron chi connectivity index (χ3n) is 6.97. The average Bonchev–Trinajstić information content (AvgIpc) is 3.31. The number of nitrogens with one attached hydrogen (secondary N) is 1. The van der Waals surface area contributed by atoms with E-state index in [1.54, 1.807) is 50.3 Å². The Bertz CT molecular complexity index is 1280. The molecule has 11 heteroatoms. The molecule has 0 bridgehead atoms. The Balaban J connectivity index is 1.83. The summed E-state index contributed by atoms with van der Waals surface area (Å²) < 4.78 is 11.7. The number of hydrogen-bond donors (Lipinski definition) is 4. The highest BCUT2D eigenvalue weighted by Gasteiger charge is 2.51. The van der Waals surface area contributed by atoms with Gasteiger partial charge in [0, 0.05) is 30.1 Å². The number of methoxy groups -OCH3 is 1. The first kappa shape index (κ1) is 29.2. The van der Waals surface area contributed by atoms with Crippen LogP contribution in [0, 0.1) is 5.92 Å². The summed E-state index contributed by atoms with van der Waals surface area (Å²) >= 11 is 12.3. The number of benzene rings is 2. The summed E-state index contributed by atoms with van der Waals surface area (Å²) in [6.45, 7) is 3.10. The predicted molar refractivity (Wildman–Crippen MR) is 146 cm³/mol. The topological polar surface area (TPSA) is 129 Å². The molecule has 2 aromatic carbocycles. The zero-order valence-electron chi connectivity index (χ0n) is 21.9. The maximum atomic E-state index is 13.5. The van der Waals surface area contributed by atoms with Crippen molar-refractivity contribution in [3.63, 3.8) is 0 Å². The average molecular weight is 579 g/mol. The van der Waals surface area contributed by atoms with Crippen LogP contribution in [0.1, 0.15) is 36.5 Å². The van der Waals surface area contributed by atoms with E-state index in [0.29, 0.717) is 38.2 Å². The Labute approximate surface area is 236 Å². The van der Waals surface area contributed by atoms with Gasteiger partial charge in [-0.25, -0.2) is 0 Å². The summed E-state index contributed by atoms with van der Waals surface area (Å²) in [4.78, 5) is 28.4. The van der Waals surface area contributed by atoms with Crippen molar-refractivity contribution >= 4 is 35.0 Å². The normalized spacial score (nSPS) is 21.5. The van der Waals surface area contributed by atoms with E-state index in [0.717, 1.165) is 0 Å². The van der Waals surface area contributed by atoms with Gasteiger partial charge in [0.2, 0.25) is 11.8 Å². The molecule has 0 saturated carbocycles. The molecule has 4 rings (SSSR count). The summed E-state index contributed by atoms with van der Waals surface area (Å²) in [6.07, 6.45) is -0.555. The van der Waals surface area contributed by atoms with Crippen molar-refractivity contribution in [2.24, 2.45) is 5.92 Å². The Hall–Kier alpha value is -2.82. The number of carbonyl (C=O) groups is 2. The van der Waals surface area contributed by atoms with Crippen LogP contribution in [0.25, 0.3) is 0 Å². The fourth-order valence-corrected chi connectivity index (χ4v) is 5.44. The molecular formula is C28H32Cl2N2O7. The smallest absolute Gasteiger partial charge is 0.247 e. The molecular weight excluding hydrogens is 547 g/mol. The van der Waals surface area contributed by atoms with Gasteiger partial charge >= 0.3 is 0 Å². The highest BCUT2D eigenvalue weighted by molar-refractivity contribution is 6.42. The van der Waals surface area contributed by atoms with E-state index in [-0.39, 0.29) is 37.8 Å². The number of amides is 2. The van der Waals surface area contributed by atoms with Crippen LogP contribution in [0.15, 0.2) is 42.0 Å². The lowest BCUT2D eigenvalue weighted by Gasteiger charge is -2.41. The first-order valence-corrected chi connectivity index (χ1v) is 13.4. The second-order valence-electron chi connectivity index (χ2n) is 9.89. The number of carbonyl (C=O) groups excluding carboxylic acids is 2. The molecule has 1 aliphatic heterocycles. The molecule has 2 aliphatic rings. The lowest BCUT2D eigenvalue weighted by atomic mass is 9.77. The fourth-order valence-electron chi connectivity index (χ4n) is 5.12. The summed E-state index contributed by atoms with van der Waals surface area (Å²) in [6, 6.07) is 7.46. The van der Waals surface area contributed by atoms with E-state index in [1.165, 1.54) is 12.0 Å². The standard InChI is InChI=1S/C28H32Cl2N2O7/c1-14(2)28(37)32(12-15-4-5-19(29)20(30)9-15)21-11-18(27(36)31-6-7-33)23-17-8-16(13-34)10-22(38-3)25(17)39-26(23)24(21)35/h4-5,8-11,14,21,23-24,26,33-35H,6-7,12-13H2,1-3H3,(H,31,36)/t21-,23+,24+,26+/m1/s1. The minimum atomic E-state index is -1.22. The van der Waals surface area contributed by atoms with Crippen LogP contribution in [0.5, 0.6) is 11.5 Å². The van der Waals surface area contributed by atoms with Crippen molar-refractivity contribution in [1.29, 1.82) is 0 Å². The maximum Gasteiger partial charge on any atom is 0.247 e. The molecule has 0 radical (unpaired) electrons. The largest absolute Gasteiger partial charge is 0.493 e. The summed E-state index contributed by atoms with van der Waals surface area (Å²) in [7, 11) is 1.46. The maximum absolute atomic E-state index is 13.5. The summed E-state index contributed by atoms with van der Waals surface area (Å²) in [5, 5.41) is 34.2. The van der Waals surface area contributed by atoms with E-state index in [4.69, 9.17) is 32.7 Å². The molecule has 0 aromatic heterocycles. The molecule has 1 heterocycles. The van der Waals surface area contributed by atoms with Crippen molar-refractivity contribution in [1.82, 2.24) is 10.2 Å². The first-order chi connectivity index (χ1) is 18.6. The molecule has 0 fully saturated rings. The monoisotopic (exact) mass is 578 g/mol. The number of aliphatic hydroxyl groups is 3. The molecule has 0 saturated heterocycles. The Morgan fingerprint density at radius 1 is 1.13 bits per heavy atom. The van der Waals surface area contributed by atoms with Crippen molar-refractivity contribution in [2.75, 3.05) is 20.3 Å². The zero-order valence-corrected chi connectivity index (χ0v) is 23.4. The number of fused-ring (bicyclic) bond motifs is 3. The predicted octanol–water partition coefficient (Wildman–Crippen LogP) is 2.80. The van der Waals surface area contributed by atoms with E-state index < -0.39 is 36.0 Å². The van der Waals surface area contributed by atoms with Crippen LogP contribution < -0.4 is 14.8 Å². The van der Waals surface area contributed by atoms with Crippen LogP contribution in [0.4, 0.5) is 0 Å². The highest BCUT2D eigenvalue weighted by Crippen LogP contribution is 2.51. The number of ether oxygens (including phenoxy) is 2. The minimum Gasteiger partial charge on any atom is -0.493 e. The molecule has 4 N–H and O–H groups in total. The number of hydrogen-bond acceptors (Lipinski definition) is 7. The van der Waals surface area contributed by atoms with Crippen molar-refractivity contribution in [3.8, 4) is 11.5 Å². The van der Waals surface area contributed by atoms with Crippen LogP contribution in [0.3, 0.4) is 0 Å². The van der Waals surface area contributed by atoms with Gasteiger partial charge in [-0.15, -0.1) is 0 Å². The van der Waals surface area contributed by atoms with Crippen LogP contribution in [-0.4, -0.2) is 70.5 Å². The van der Waals surface area contributed by atoms with Crippen molar-refractivity contribution < 1.29 is 34.4 Å². The van der Waals surface area contributed by atoms with Crippen LogP contribution in [-0.2, 0) is 22.7 Å². The molecule has 39 heavy (non-hydrogen) atoms. The summed E-state index contributed by atoms with van der Waals surface area (Å²) in [5.41, 5.74) is 2.10. The van der Waals surface area contributed by atoms with E-state index in [2.05, 4.69) is 5.32 Å². The highest BCUT2D eigenvalue weighted by atomic mass is 35.5. The van der Waals surface area contributed by atoms with E-state index in [1.807, 2.05) is 0 Å². The van der Waals surface area contributed by atoms with Gasteiger partial charge < -0.3 is 35.0 Å². The third-order valence-corrected chi connectivity index (χ3v) is 7.71. The van der Waals surface area contributed by atoms with Crippen LogP contribution in [0.2, 0.25) is 10.0 Å². The Morgan fingerprint density at radius 2 is 1.87 bits per heavy atom. The molecule has 4 atom stereocenters. The molecule has 2 amide bonds. The van der Waals surface area contributed by atoms with E-state index in [9.17, 15) is 24.9 Å². The van der Waals surface area contributed by atoms with E-state index >= 15 is 0 Å². The van der Waals surface area contributed by atoms with Gasteiger partial charge in [-0.2, -0.15) is 0 Å². The quantitative estimate of drug-likeness (QED) is 0.360. The van der Waals surface area contributed by atoms with Gasteiger partial charge in [0.25, 0.3) is 0 Å². The number of rotatable bonds is 9.